The third-order valence-electron chi connectivity index (χ3n) is 6.57. The van der Waals surface area contributed by atoms with E-state index >= 15 is 0 Å². The number of aromatic hydroxyl groups is 1. The highest BCUT2D eigenvalue weighted by atomic mass is 16.3. The van der Waals surface area contributed by atoms with E-state index in [1.165, 1.54) is 0 Å². The molecule has 5 rings (SSSR count). The molecule has 0 aliphatic carbocycles. The Morgan fingerprint density at radius 2 is 1.46 bits per heavy atom. The highest BCUT2D eigenvalue weighted by molar-refractivity contribution is 6.22. The van der Waals surface area contributed by atoms with Crippen molar-refractivity contribution < 1.29 is 9.90 Å². The highest BCUT2D eigenvalue weighted by Crippen LogP contribution is 2.32. The zero-order chi connectivity index (χ0) is 27.4. The molecule has 0 radical (unpaired) electrons. The van der Waals surface area contributed by atoms with Crippen molar-refractivity contribution in [2.75, 3.05) is 21.1 Å². The Hall–Kier alpha value is -4.68. The van der Waals surface area contributed by atoms with Crippen LogP contribution >= 0.6 is 0 Å². The van der Waals surface area contributed by atoms with Crippen molar-refractivity contribution >= 4 is 28.2 Å². The number of rotatable bonds is 8. The molecule has 0 atom stereocenters. The van der Waals surface area contributed by atoms with Gasteiger partial charge in [0.15, 0.2) is 5.88 Å². The lowest BCUT2D eigenvalue weighted by atomic mass is 9.99. The van der Waals surface area contributed by atoms with Crippen LogP contribution in [0, 0.1) is 0 Å². The van der Waals surface area contributed by atoms with Crippen LogP contribution in [-0.2, 0) is 13.1 Å². The van der Waals surface area contributed by atoms with Gasteiger partial charge in [-0.2, -0.15) is 0 Å². The second-order valence-electron chi connectivity index (χ2n) is 9.99. The van der Waals surface area contributed by atoms with Crippen molar-refractivity contribution in [1.29, 1.82) is 0 Å². The number of benzene rings is 4. The van der Waals surface area contributed by atoms with Crippen molar-refractivity contribution in [2.45, 2.75) is 13.1 Å². The van der Waals surface area contributed by atoms with Gasteiger partial charge < -0.3 is 19.9 Å². The zero-order valence-electron chi connectivity index (χ0n) is 22.4. The summed E-state index contributed by atoms with van der Waals surface area (Å²) in [6.07, 6.45) is 0. The van der Waals surface area contributed by atoms with Gasteiger partial charge in [0.1, 0.15) is 0 Å². The molecule has 5 aromatic rings. The van der Waals surface area contributed by atoms with E-state index in [1.54, 1.807) is 18.0 Å². The fourth-order valence-corrected chi connectivity index (χ4v) is 4.78. The number of aromatic nitrogens is 1. The molecular formula is C33H32N4O2. The van der Waals surface area contributed by atoms with Crippen LogP contribution in [0.4, 0.5) is 5.69 Å². The maximum atomic E-state index is 13.4. The summed E-state index contributed by atoms with van der Waals surface area (Å²) in [5, 5.41) is 11.8. The molecule has 0 aliphatic heterocycles. The summed E-state index contributed by atoms with van der Waals surface area (Å²) in [5.74, 6) is -0.0822. The number of carbonyl (C=O) groups excluding carboxylic acids is 1. The molecular weight excluding hydrogens is 484 g/mol. The molecule has 39 heavy (non-hydrogen) atoms. The van der Waals surface area contributed by atoms with Crippen LogP contribution in [0.15, 0.2) is 108 Å². The van der Waals surface area contributed by atoms with Gasteiger partial charge in [-0.1, -0.05) is 72.8 Å². The minimum atomic E-state index is -0.0954. The number of carbonyl (C=O) groups is 1. The van der Waals surface area contributed by atoms with E-state index in [-0.39, 0.29) is 11.8 Å². The molecule has 6 heteroatoms. The predicted octanol–water partition coefficient (Wildman–Crippen LogP) is 6.38. The van der Waals surface area contributed by atoms with Gasteiger partial charge in [-0.05, 0) is 55.6 Å². The fourth-order valence-electron chi connectivity index (χ4n) is 4.78. The van der Waals surface area contributed by atoms with Crippen molar-refractivity contribution in [2.24, 2.45) is 4.99 Å². The lowest BCUT2D eigenvalue weighted by Crippen LogP contribution is -2.26. The van der Waals surface area contributed by atoms with Crippen molar-refractivity contribution in [3.05, 3.63) is 131 Å². The molecule has 1 amide bonds. The zero-order valence-corrected chi connectivity index (χ0v) is 22.4. The van der Waals surface area contributed by atoms with E-state index in [2.05, 4.69) is 22.0 Å². The highest BCUT2D eigenvalue weighted by Gasteiger charge is 2.21. The molecule has 0 saturated heterocycles. The Bertz CT molecular complexity index is 1620. The van der Waals surface area contributed by atoms with E-state index in [9.17, 15) is 9.90 Å². The lowest BCUT2D eigenvalue weighted by Gasteiger charge is -2.17. The molecule has 1 heterocycles. The molecule has 0 spiro atoms. The van der Waals surface area contributed by atoms with Gasteiger partial charge in [-0.15, -0.1) is 0 Å². The average molecular weight is 517 g/mol. The van der Waals surface area contributed by atoms with Gasteiger partial charge in [0.05, 0.1) is 17.0 Å². The molecule has 0 unspecified atom stereocenters. The quantitative estimate of drug-likeness (QED) is 0.235. The summed E-state index contributed by atoms with van der Waals surface area (Å²) < 4.78 is 0. The topological polar surface area (TPSA) is 71.9 Å². The van der Waals surface area contributed by atoms with Crippen LogP contribution in [0.2, 0.25) is 0 Å². The summed E-state index contributed by atoms with van der Waals surface area (Å²) >= 11 is 0. The number of H-pyrrole nitrogens is 1. The number of nitrogens with one attached hydrogen (secondary N) is 1. The third kappa shape index (κ3) is 5.92. The first-order valence-corrected chi connectivity index (χ1v) is 12.9. The Labute approximate surface area is 228 Å². The second-order valence-corrected chi connectivity index (χ2v) is 9.99. The number of hydrogen-bond donors (Lipinski definition) is 2. The fraction of sp³-hybridized carbons (Fsp3) is 0.152. The van der Waals surface area contributed by atoms with Gasteiger partial charge in [0, 0.05) is 42.2 Å². The second kappa shape index (κ2) is 11.4. The van der Waals surface area contributed by atoms with Crippen LogP contribution in [-0.4, -0.2) is 52.7 Å². The monoisotopic (exact) mass is 516 g/mol. The summed E-state index contributed by atoms with van der Waals surface area (Å²) in [4.78, 5) is 25.3. The number of fused-ring (bicyclic) bond motifs is 1. The summed E-state index contributed by atoms with van der Waals surface area (Å²) in [6, 6.07) is 33.3. The molecule has 1 aromatic heterocycles. The first-order chi connectivity index (χ1) is 18.9. The number of hydrogen-bond acceptors (Lipinski definition) is 4. The Kier molecular flexibility index (Phi) is 7.57. The third-order valence-corrected chi connectivity index (χ3v) is 6.57. The lowest BCUT2D eigenvalue weighted by molar-refractivity contribution is 0.0785. The summed E-state index contributed by atoms with van der Waals surface area (Å²) in [6.45, 7) is 1.30. The van der Waals surface area contributed by atoms with E-state index in [4.69, 9.17) is 4.99 Å². The largest absolute Gasteiger partial charge is 0.494 e. The molecule has 0 saturated carbocycles. The summed E-state index contributed by atoms with van der Waals surface area (Å²) in [5.41, 5.74) is 6.33. The van der Waals surface area contributed by atoms with Crippen molar-refractivity contribution in [3.8, 4) is 5.88 Å². The smallest absolute Gasteiger partial charge is 0.253 e. The molecule has 2 N–H and O–H groups in total. The van der Waals surface area contributed by atoms with E-state index in [0.717, 1.165) is 39.8 Å². The molecule has 4 aromatic carbocycles. The van der Waals surface area contributed by atoms with E-state index in [1.807, 2.05) is 99.0 Å². The van der Waals surface area contributed by atoms with Crippen LogP contribution in [0.1, 0.15) is 32.6 Å². The average Bonchev–Trinajstić information content (AvgIpc) is 3.26. The van der Waals surface area contributed by atoms with E-state index in [0.29, 0.717) is 23.4 Å². The van der Waals surface area contributed by atoms with Gasteiger partial charge in [-0.3, -0.25) is 4.79 Å². The maximum absolute atomic E-state index is 13.4. The van der Waals surface area contributed by atoms with Crippen LogP contribution in [0.3, 0.4) is 0 Å². The Morgan fingerprint density at radius 3 is 2.18 bits per heavy atom. The SMILES string of the molecule is CN(C)Cc1cccc(N=C(c2ccccc2)c2c(O)[nH]c3ccc(C(=O)N(C)Cc4ccccc4)cc23)c1. The standard InChI is InChI=1S/C33H32N4O2/c1-36(2)21-24-13-10-16-27(19-24)34-31(25-14-8-5-9-15-25)30-28-20-26(17-18-29(28)35-32(30)38)33(39)37(3)22-23-11-6-4-7-12-23/h4-20,35,38H,21-22H2,1-3H3. The van der Waals surface area contributed by atoms with E-state index < -0.39 is 0 Å². The Morgan fingerprint density at radius 1 is 0.769 bits per heavy atom. The first-order valence-electron chi connectivity index (χ1n) is 12.9. The van der Waals surface area contributed by atoms with Gasteiger partial charge in [0.25, 0.3) is 5.91 Å². The summed E-state index contributed by atoms with van der Waals surface area (Å²) in [7, 11) is 5.86. The number of aliphatic imine (C=N–C) groups is 1. The van der Waals surface area contributed by atoms with Crippen molar-refractivity contribution in [1.82, 2.24) is 14.8 Å². The molecule has 6 nitrogen and oxygen atoms in total. The minimum absolute atomic E-state index is 0.0132. The number of amides is 1. The molecule has 0 fully saturated rings. The van der Waals surface area contributed by atoms with Crippen LogP contribution < -0.4 is 0 Å². The normalized spacial score (nSPS) is 11.7. The first kappa shape index (κ1) is 25.9. The minimum Gasteiger partial charge on any atom is -0.494 e. The van der Waals surface area contributed by atoms with Crippen molar-refractivity contribution in [3.63, 3.8) is 0 Å². The maximum Gasteiger partial charge on any atom is 0.253 e. The predicted molar refractivity (Wildman–Crippen MR) is 158 cm³/mol. The number of aromatic amines is 1. The van der Waals surface area contributed by atoms with Crippen LogP contribution in [0.25, 0.3) is 10.9 Å². The molecule has 196 valence electrons. The molecule has 0 aliphatic rings. The Balaban J connectivity index is 1.59. The number of nitrogens with zero attached hydrogens (tertiary/aromatic N) is 3. The van der Waals surface area contributed by atoms with Crippen LogP contribution in [0.5, 0.6) is 5.88 Å². The van der Waals surface area contributed by atoms with Gasteiger partial charge in [0.2, 0.25) is 0 Å². The van der Waals surface area contributed by atoms with Gasteiger partial charge >= 0.3 is 0 Å². The van der Waals surface area contributed by atoms with Gasteiger partial charge in [-0.25, -0.2) is 4.99 Å². The molecule has 0 bridgehead atoms.